The lowest BCUT2D eigenvalue weighted by molar-refractivity contribution is 0.221. The van der Waals surface area contributed by atoms with Crippen LogP contribution in [0, 0.1) is 0 Å². The Balaban J connectivity index is 1.27. The number of hydrogen-bond donors (Lipinski definition) is 0. The van der Waals surface area contributed by atoms with Gasteiger partial charge < -0.3 is 18.6 Å². The molecule has 194 valence electrons. The molecule has 0 aliphatic carbocycles. The molecule has 0 fully saturated rings. The van der Waals surface area contributed by atoms with Crippen molar-refractivity contribution in [2.24, 2.45) is 0 Å². The lowest BCUT2D eigenvalue weighted by atomic mass is 9.98. The predicted molar refractivity (Wildman–Crippen MR) is 145 cm³/mol. The van der Waals surface area contributed by atoms with Crippen molar-refractivity contribution >= 4 is 38.6 Å². The first kappa shape index (κ1) is 24.4. The van der Waals surface area contributed by atoms with Gasteiger partial charge in [-0.3, -0.25) is 0 Å². The first-order chi connectivity index (χ1) is 18.3. The third kappa shape index (κ3) is 4.59. The minimum absolute atomic E-state index is 0.248. The van der Waals surface area contributed by atoms with Crippen LogP contribution < -0.4 is 14.2 Å². The van der Waals surface area contributed by atoms with Crippen molar-refractivity contribution in [2.75, 3.05) is 14.2 Å². The highest BCUT2D eigenvalue weighted by Gasteiger charge is 2.20. The Morgan fingerprint density at radius 1 is 1.08 bits per heavy atom. The summed E-state index contributed by atoms with van der Waals surface area (Å²) in [5.41, 5.74) is 2.10. The molecule has 0 unspecified atom stereocenters. The summed E-state index contributed by atoms with van der Waals surface area (Å²) < 4.78 is 39.0. The van der Waals surface area contributed by atoms with Gasteiger partial charge in [0.25, 0.3) is 5.19 Å². The molecule has 0 aliphatic heterocycles. The van der Waals surface area contributed by atoms with E-state index in [-0.39, 0.29) is 6.61 Å². The predicted octanol–water partition coefficient (Wildman–Crippen LogP) is 7.13. The monoisotopic (exact) mass is 550 g/mol. The van der Waals surface area contributed by atoms with Gasteiger partial charge in [-0.2, -0.15) is 0 Å². The third-order valence-corrected chi connectivity index (χ3v) is 7.81. The molecule has 4 heterocycles. The van der Waals surface area contributed by atoms with E-state index in [0.29, 0.717) is 44.3 Å². The number of methoxy groups -OCH3 is 2. The fourth-order valence-electron chi connectivity index (χ4n) is 4.01. The van der Waals surface area contributed by atoms with E-state index in [0.717, 1.165) is 21.7 Å². The lowest BCUT2D eigenvalue weighted by Gasteiger charge is -2.15. The second kappa shape index (κ2) is 9.41. The number of fused-ring (bicyclic) bond motifs is 2. The molecular weight excluding hydrogens is 527 g/mol. The Morgan fingerprint density at radius 2 is 1.95 bits per heavy atom. The van der Waals surface area contributed by atoms with Crippen molar-refractivity contribution in [1.29, 1.82) is 0 Å². The molecule has 0 radical (unpaired) electrons. The van der Waals surface area contributed by atoms with Gasteiger partial charge in [0.15, 0.2) is 5.76 Å². The Kier molecular flexibility index (Phi) is 6.04. The van der Waals surface area contributed by atoms with Gasteiger partial charge in [-0.15, -0.1) is 16.4 Å². The molecule has 11 heteroatoms. The number of ether oxygens (including phenoxy) is 3. The Bertz CT molecular complexity index is 1730. The maximum Gasteiger partial charge on any atom is 0.294 e. The van der Waals surface area contributed by atoms with Crippen LogP contribution in [0.15, 0.2) is 58.5 Å². The van der Waals surface area contributed by atoms with E-state index in [9.17, 15) is 4.39 Å². The summed E-state index contributed by atoms with van der Waals surface area (Å²) >= 11 is 2.84. The van der Waals surface area contributed by atoms with Gasteiger partial charge in [0, 0.05) is 23.1 Å². The van der Waals surface area contributed by atoms with Gasteiger partial charge in [0.2, 0.25) is 4.96 Å². The lowest BCUT2D eigenvalue weighted by Crippen LogP contribution is -2.08. The highest BCUT2D eigenvalue weighted by Crippen LogP contribution is 2.38. The summed E-state index contributed by atoms with van der Waals surface area (Å²) in [6.45, 7) is 3.34. The number of benzene rings is 2. The molecule has 6 aromatic rings. The fourth-order valence-corrected chi connectivity index (χ4v) is 5.51. The molecular formula is C27H23FN4O4S2. The number of rotatable bonds is 8. The molecule has 0 N–H and O–H groups in total. The summed E-state index contributed by atoms with van der Waals surface area (Å²) in [7, 11) is 3.17. The first-order valence-corrected chi connectivity index (χ1v) is 13.4. The summed E-state index contributed by atoms with van der Waals surface area (Å²) in [4.78, 5) is 10.0. The molecule has 6 rings (SSSR count). The van der Waals surface area contributed by atoms with Crippen LogP contribution in [0.5, 0.6) is 16.7 Å². The van der Waals surface area contributed by atoms with Crippen molar-refractivity contribution in [3.05, 3.63) is 65.3 Å². The maximum absolute atomic E-state index is 14.4. The molecule has 0 bridgehead atoms. The van der Waals surface area contributed by atoms with Crippen LogP contribution in [0.2, 0.25) is 0 Å². The number of halogens is 1. The number of alkyl halides is 1. The summed E-state index contributed by atoms with van der Waals surface area (Å²) in [6, 6.07) is 12.9. The Hall–Kier alpha value is -3.96. The molecule has 0 saturated heterocycles. The summed E-state index contributed by atoms with van der Waals surface area (Å²) in [5, 5.41) is 8.39. The second-order valence-corrected chi connectivity index (χ2v) is 10.8. The van der Waals surface area contributed by atoms with E-state index in [1.54, 1.807) is 44.8 Å². The normalized spacial score (nSPS) is 11.9. The smallest absolute Gasteiger partial charge is 0.294 e. The van der Waals surface area contributed by atoms with Crippen LogP contribution in [0.3, 0.4) is 0 Å². The van der Waals surface area contributed by atoms with Crippen molar-refractivity contribution in [2.45, 2.75) is 26.1 Å². The molecule has 4 aromatic heterocycles. The van der Waals surface area contributed by atoms with Crippen molar-refractivity contribution in [3.63, 3.8) is 0 Å². The second-order valence-electron chi connectivity index (χ2n) is 9.06. The fraction of sp³-hybridized carbons (Fsp3) is 0.222. The molecule has 0 spiro atoms. The highest BCUT2D eigenvalue weighted by molar-refractivity contribution is 7.18. The summed E-state index contributed by atoms with van der Waals surface area (Å²) in [6.07, 6.45) is 1.79. The van der Waals surface area contributed by atoms with E-state index in [2.05, 4.69) is 10.1 Å². The molecule has 38 heavy (non-hydrogen) atoms. The Morgan fingerprint density at radius 3 is 2.71 bits per heavy atom. The van der Waals surface area contributed by atoms with E-state index in [4.69, 9.17) is 23.6 Å². The van der Waals surface area contributed by atoms with Crippen LogP contribution >= 0.6 is 22.7 Å². The highest BCUT2D eigenvalue weighted by atomic mass is 32.1. The molecule has 2 aromatic carbocycles. The van der Waals surface area contributed by atoms with Gasteiger partial charge in [-0.25, -0.2) is 18.9 Å². The first-order valence-electron chi connectivity index (χ1n) is 11.7. The SMILES string of the molecule is COc1cc(OCc2csc(-c3cccc(C(C)(C)F)c3)n2)c2cc(-c3cn4nc(OC)sc4n3)oc2c1. The van der Waals surface area contributed by atoms with Gasteiger partial charge in [-0.1, -0.05) is 18.2 Å². The van der Waals surface area contributed by atoms with Gasteiger partial charge in [-0.05, 0) is 42.9 Å². The quantitative estimate of drug-likeness (QED) is 0.199. The average Bonchev–Trinajstić information content (AvgIpc) is 3.69. The molecule has 8 nitrogen and oxygen atoms in total. The zero-order chi connectivity index (χ0) is 26.4. The van der Waals surface area contributed by atoms with Crippen LogP contribution in [-0.4, -0.2) is 33.8 Å². The van der Waals surface area contributed by atoms with E-state index >= 15 is 0 Å². The van der Waals surface area contributed by atoms with Crippen LogP contribution in [0.4, 0.5) is 4.39 Å². The zero-order valence-corrected chi connectivity index (χ0v) is 22.7. The number of nitrogens with zero attached hydrogens (tertiary/aromatic N) is 4. The van der Waals surface area contributed by atoms with Crippen LogP contribution in [0.25, 0.3) is 38.0 Å². The van der Waals surface area contributed by atoms with Crippen molar-refractivity contribution < 1.29 is 23.0 Å². The minimum Gasteiger partial charge on any atom is -0.496 e. The number of aromatic nitrogens is 4. The number of hydrogen-bond acceptors (Lipinski definition) is 9. The number of imidazole rings is 1. The van der Waals surface area contributed by atoms with E-state index < -0.39 is 5.67 Å². The minimum atomic E-state index is -1.42. The number of thiazole rings is 1. The average molecular weight is 551 g/mol. The molecule has 0 aliphatic rings. The number of furan rings is 1. The third-order valence-electron chi connectivity index (χ3n) is 5.98. The molecule has 0 atom stereocenters. The van der Waals surface area contributed by atoms with Gasteiger partial charge >= 0.3 is 0 Å². The van der Waals surface area contributed by atoms with E-state index in [1.165, 1.54) is 22.7 Å². The van der Waals surface area contributed by atoms with E-state index in [1.807, 2.05) is 41.8 Å². The van der Waals surface area contributed by atoms with Crippen LogP contribution in [0.1, 0.15) is 25.1 Å². The van der Waals surface area contributed by atoms with Crippen molar-refractivity contribution in [1.82, 2.24) is 19.6 Å². The largest absolute Gasteiger partial charge is 0.496 e. The maximum atomic E-state index is 14.4. The van der Waals surface area contributed by atoms with Gasteiger partial charge in [0.05, 0.1) is 31.5 Å². The standard InChI is InChI=1S/C27H23FN4O4S2/c1-27(2,28)16-7-5-6-15(8-16)24-29-17(14-37-24)13-35-21-9-18(33-3)10-22-19(21)11-23(36-22)20-12-32-25(30-20)38-26(31-32)34-4/h5-12,14H,13H2,1-4H3. The topological polar surface area (TPSA) is 83.9 Å². The molecule has 0 saturated carbocycles. The Labute approximate surface area is 225 Å². The summed E-state index contributed by atoms with van der Waals surface area (Å²) in [5.74, 6) is 1.79. The molecule has 0 amide bonds. The van der Waals surface area contributed by atoms with Gasteiger partial charge in [0.1, 0.15) is 40.1 Å². The van der Waals surface area contributed by atoms with Crippen LogP contribution in [-0.2, 0) is 12.3 Å². The zero-order valence-electron chi connectivity index (χ0n) is 21.0. The van der Waals surface area contributed by atoms with Crippen molar-refractivity contribution in [3.8, 4) is 38.7 Å².